The van der Waals surface area contributed by atoms with Gasteiger partial charge in [0.25, 0.3) is 11.8 Å². The van der Waals surface area contributed by atoms with E-state index in [1.165, 1.54) is 6.92 Å². The van der Waals surface area contributed by atoms with Crippen LogP contribution < -0.4 is 0 Å². The van der Waals surface area contributed by atoms with E-state index < -0.39 is 29.7 Å². The first-order chi connectivity index (χ1) is 11.0. The molecule has 0 aromatic heterocycles. The maximum atomic E-state index is 11.8. The minimum atomic E-state index is -0.820. The Kier molecular flexibility index (Phi) is 5.46. The van der Waals surface area contributed by atoms with E-state index in [4.69, 9.17) is 9.57 Å². The van der Waals surface area contributed by atoms with Crippen molar-refractivity contribution in [2.75, 3.05) is 0 Å². The lowest BCUT2D eigenvalue weighted by Gasteiger charge is -2.15. The van der Waals surface area contributed by atoms with E-state index in [9.17, 15) is 19.2 Å². The Morgan fingerprint density at radius 1 is 1.13 bits per heavy atom. The number of esters is 1. The fourth-order valence-electron chi connectivity index (χ4n) is 1.97. The molecule has 1 saturated heterocycles. The fourth-order valence-corrected chi connectivity index (χ4v) is 1.97. The maximum Gasteiger partial charge on any atom is 0.336 e. The quantitative estimate of drug-likeness (QED) is 0.581. The summed E-state index contributed by atoms with van der Waals surface area (Å²) in [7, 11) is 0. The van der Waals surface area contributed by atoms with Crippen LogP contribution in [-0.2, 0) is 35.4 Å². The van der Waals surface area contributed by atoms with E-state index in [0.717, 1.165) is 5.56 Å². The highest BCUT2D eigenvalue weighted by molar-refractivity contribution is 6.01. The Bertz CT molecular complexity index is 596. The van der Waals surface area contributed by atoms with Gasteiger partial charge in [0.1, 0.15) is 6.61 Å². The zero-order valence-corrected chi connectivity index (χ0v) is 12.7. The number of benzene rings is 1. The van der Waals surface area contributed by atoms with E-state index in [2.05, 4.69) is 0 Å². The van der Waals surface area contributed by atoms with Crippen LogP contribution in [0.5, 0.6) is 0 Å². The minimum Gasteiger partial charge on any atom is -0.461 e. The molecular formula is C16H17NO6. The molecule has 7 nitrogen and oxygen atoms in total. The fraction of sp³-hybridized carbons (Fsp3) is 0.375. The zero-order chi connectivity index (χ0) is 16.8. The molecule has 0 aliphatic carbocycles. The van der Waals surface area contributed by atoms with Crippen LogP contribution in [0.1, 0.15) is 31.7 Å². The van der Waals surface area contributed by atoms with Gasteiger partial charge in [0.2, 0.25) is 0 Å². The molecule has 1 heterocycles. The minimum absolute atomic E-state index is 0.0274. The van der Waals surface area contributed by atoms with Gasteiger partial charge in [-0.25, -0.2) is 4.79 Å². The van der Waals surface area contributed by atoms with Crippen molar-refractivity contribution in [3.8, 4) is 0 Å². The normalized spacial score (nSPS) is 15.4. The number of ether oxygens (including phenoxy) is 1. The first kappa shape index (κ1) is 16.7. The number of rotatable bonds is 6. The lowest BCUT2D eigenvalue weighted by molar-refractivity contribution is -0.200. The molecule has 1 aromatic rings. The third-order valence-corrected chi connectivity index (χ3v) is 3.30. The van der Waals surface area contributed by atoms with Gasteiger partial charge in [0, 0.05) is 12.8 Å². The SMILES string of the molecule is CC(CC(=O)OCc1ccccc1)C(=O)ON1C(=O)CCC1=O. The second-order valence-electron chi connectivity index (χ2n) is 5.24. The Labute approximate surface area is 133 Å². The molecule has 7 heteroatoms. The lowest BCUT2D eigenvalue weighted by atomic mass is 10.1. The largest absolute Gasteiger partial charge is 0.461 e. The number of hydrogen-bond acceptors (Lipinski definition) is 6. The smallest absolute Gasteiger partial charge is 0.336 e. The summed E-state index contributed by atoms with van der Waals surface area (Å²) in [5.41, 5.74) is 0.837. The number of carbonyl (C=O) groups excluding carboxylic acids is 4. The summed E-state index contributed by atoms with van der Waals surface area (Å²) in [4.78, 5) is 51.0. The molecule has 2 rings (SSSR count). The molecule has 1 atom stereocenters. The van der Waals surface area contributed by atoms with E-state index in [1.54, 1.807) is 0 Å². The monoisotopic (exact) mass is 319 g/mol. The van der Waals surface area contributed by atoms with Crippen molar-refractivity contribution in [1.29, 1.82) is 0 Å². The van der Waals surface area contributed by atoms with E-state index in [-0.39, 0.29) is 25.9 Å². The van der Waals surface area contributed by atoms with Crippen LogP contribution in [0.25, 0.3) is 0 Å². The molecule has 0 bridgehead atoms. The molecule has 0 saturated carbocycles. The molecule has 1 aliphatic heterocycles. The Balaban J connectivity index is 1.77. The van der Waals surface area contributed by atoms with Crippen LogP contribution >= 0.6 is 0 Å². The Morgan fingerprint density at radius 2 is 1.74 bits per heavy atom. The first-order valence-corrected chi connectivity index (χ1v) is 7.24. The molecule has 1 unspecified atom stereocenters. The van der Waals surface area contributed by atoms with Gasteiger partial charge in [-0.3, -0.25) is 14.4 Å². The molecule has 122 valence electrons. The summed E-state index contributed by atoms with van der Waals surface area (Å²) < 4.78 is 5.07. The van der Waals surface area contributed by atoms with Crippen molar-refractivity contribution in [3.63, 3.8) is 0 Å². The van der Waals surface area contributed by atoms with Crippen molar-refractivity contribution in [2.24, 2.45) is 5.92 Å². The molecule has 1 aliphatic rings. The van der Waals surface area contributed by atoms with Gasteiger partial charge in [-0.15, -0.1) is 5.06 Å². The van der Waals surface area contributed by atoms with E-state index in [1.807, 2.05) is 30.3 Å². The van der Waals surface area contributed by atoms with Crippen molar-refractivity contribution >= 4 is 23.8 Å². The highest BCUT2D eigenvalue weighted by Gasteiger charge is 2.34. The summed E-state index contributed by atoms with van der Waals surface area (Å²) >= 11 is 0. The molecule has 2 amide bonds. The topological polar surface area (TPSA) is 90.0 Å². The number of carbonyl (C=O) groups is 4. The van der Waals surface area contributed by atoms with Crippen LogP contribution in [0.15, 0.2) is 30.3 Å². The molecule has 0 N–H and O–H groups in total. The van der Waals surface area contributed by atoms with E-state index in [0.29, 0.717) is 5.06 Å². The number of nitrogens with zero attached hydrogens (tertiary/aromatic N) is 1. The summed E-state index contributed by atoms with van der Waals surface area (Å²) in [6.07, 6.45) is -0.138. The van der Waals surface area contributed by atoms with E-state index >= 15 is 0 Å². The predicted octanol–water partition coefficient (Wildman–Crippen LogP) is 1.36. The van der Waals surface area contributed by atoms with Gasteiger partial charge in [0.05, 0.1) is 12.3 Å². The van der Waals surface area contributed by atoms with Gasteiger partial charge in [-0.2, -0.15) is 0 Å². The van der Waals surface area contributed by atoms with Gasteiger partial charge in [-0.1, -0.05) is 37.3 Å². The first-order valence-electron chi connectivity index (χ1n) is 7.24. The van der Waals surface area contributed by atoms with Crippen LogP contribution in [0.3, 0.4) is 0 Å². The summed E-state index contributed by atoms with van der Waals surface area (Å²) in [6, 6.07) is 9.13. The highest BCUT2D eigenvalue weighted by atomic mass is 16.7. The molecular weight excluding hydrogens is 302 g/mol. The second kappa shape index (κ2) is 7.53. The summed E-state index contributed by atoms with van der Waals surface area (Å²) in [5, 5.41) is 0.466. The number of amides is 2. The second-order valence-corrected chi connectivity index (χ2v) is 5.24. The van der Waals surface area contributed by atoms with Crippen LogP contribution in [0, 0.1) is 5.92 Å². The van der Waals surface area contributed by atoms with Gasteiger partial charge >= 0.3 is 11.9 Å². The molecule has 1 aromatic carbocycles. The van der Waals surface area contributed by atoms with Crippen LogP contribution in [0.4, 0.5) is 0 Å². The Hall–Kier alpha value is -2.70. The summed E-state index contributed by atoms with van der Waals surface area (Å²) in [6.45, 7) is 1.58. The maximum absolute atomic E-state index is 11.8. The predicted molar refractivity (Wildman–Crippen MR) is 77.2 cm³/mol. The molecule has 0 spiro atoms. The average molecular weight is 319 g/mol. The third-order valence-electron chi connectivity index (χ3n) is 3.30. The number of hydroxylamine groups is 2. The van der Waals surface area contributed by atoms with Crippen LogP contribution in [-0.4, -0.2) is 28.8 Å². The molecule has 23 heavy (non-hydrogen) atoms. The average Bonchev–Trinajstić information content (AvgIpc) is 2.85. The highest BCUT2D eigenvalue weighted by Crippen LogP contribution is 2.15. The third kappa shape index (κ3) is 4.64. The van der Waals surface area contributed by atoms with Crippen LogP contribution in [0.2, 0.25) is 0 Å². The van der Waals surface area contributed by atoms with Crippen molar-refractivity contribution in [3.05, 3.63) is 35.9 Å². The van der Waals surface area contributed by atoms with Gasteiger partial charge < -0.3 is 9.57 Å². The summed E-state index contributed by atoms with van der Waals surface area (Å²) in [5.74, 6) is -3.30. The standard InChI is InChI=1S/C16H17NO6/c1-11(16(21)23-17-13(18)7-8-14(17)19)9-15(20)22-10-12-5-3-2-4-6-12/h2-6,11H,7-10H2,1H3. The van der Waals surface area contributed by atoms with Gasteiger partial charge in [0.15, 0.2) is 0 Å². The zero-order valence-electron chi connectivity index (χ0n) is 12.7. The lowest BCUT2D eigenvalue weighted by Crippen LogP contribution is -2.34. The van der Waals surface area contributed by atoms with Crippen molar-refractivity contribution in [2.45, 2.75) is 32.8 Å². The van der Waals surface area contributed by atoms with Crippen molar-refractivity contribution in [1.82, 2.24) is 5.06 Å². The molecule has 1 fully saturated rings. The number of hydrogen-bond donors (Lipinski definition) is 0. The Morgan fingerprint density at radius 3 is 2.35 bits per heavy atom. The van der Waals surface area contributed by atoms with Crippen molar-refractivity contribution < 1.29 is 28.8 Å². The number of imide groups is 1. The molecule has 0 radical (unpaired) electrons. The van der Waals surface area contributed by atoms with Gasteiger partial charge in [-0.05, 0) is 5.56 Å².